The highest BCUT2D eigenvalue weighted by Gasteiger charge is 2.16. The van der Waals surface area contributed by atoms with Crippen molar-refractivity contribution in [2.75, 3.05) is 31.2 Å². The van der Waals surface area contributed by atoms with E-state index in [1.54, 1.807) is 6.20 Å². The Morgan fingerprint density at radius 2 is 1.81 bits per heavy atom. The number of hydrogen-bond donors (Lipinski definition) is 0. The van der Waals surface area contributed by atoms with Crippen LogP contribution >= 0.6 is 0 Å². The molecular weight excluding hydrogens is 264 g/mol. The van der Waals surface area contributed by atoms with Crippen LogP contribution in [0.25, 0.3) is 16.9 Å². The highest BCUT2D eigenvalue weighted by Crippen LogP contribution is 2.24. The predicted molar refractivity (Wildman–Crippen MR) is 81.5 cm³/mol. The molecule has 0 amide bonds. The minimum Gasteiger partial charge on any atom is -0.378 e. The van der Waals surface area contributed by atoms with Gasteiger partial charge in [-0.2, -0.15) is 9.61 Å². The Bertz CT molecular complexity index is 747. The molecule has 1 saturated heterocycles. The first-order chi connectivity index (χ1) is 10.4. The number of aromatic nitrogens is 3. The van der Waals surface area contributed by atoms with Crippen LogP contribution in [-0.2, 0) is 4.74 Å². The second-order valence-corrected chi connectivity index (χ2v) is 5.07. The summed E-state index contributed by atoms with van der Waals surface area (Å²) >= 11 is 0. The number of rotatable bonds is 2. The van der Waals surface area contributed by atoms with E-state index in [1.807, 2.05) is 28.8 Å². The average Bonchev–Trinajstić information content (AvgIpc) is 3.04. The minimum atomic E-state index is 0.756. The summed E-state index contributed by atoms with van der Waals surface area (Å²) in [6.45, 7) is 3.28. The normalized spacial score (nSPS) is 15.5. The van der Waals surface area contributed by atoms with Gasteiger partial charge in [0.2, 0.25) is 0 Å². The molecule has 0 saturated carbocycles. The number of morpholine rings is 1. The highest BCUT2D eigenvalue weighted by molar-refractivity contribution is 5.66. The zero-order chi connectivity index (χ0) is 14.1. The number of fused-ring (bicyclic) bond motifs is 1. The summed E-state index contributed by atoms with van der Waals surface area (Å²) in [7, 11) is 0. The molecule has 3 heterocycles. The van der Waals surface area contributed by atoms with Gasteiger partial charge in [0.1, 0.15) is 5.82 Å². The van der Waals surface area contributed by atoms with Crippen molar-refractivity contribution in [2.24, 2.45) is 0 Å². The lowest BCUT2D eigenvalue weighted by Gasteiger charge is -2.29. The first-order valence-corrected chi connectivity index (χ1v) is 7.15. The Hall–Kier alpha value is -2.40. The smallest absolute Gasteiger partial charge is 0.157 e. The molecule has 5 heteroatoms. The maximum atomic E-state index is 5.44. The second-order valence-electron chi connectivity index (χ2n) is 5.07. The average molecular weight is 280 g/mol. The van der Waals surface area contributed by atoms with Crippen molar-refractivity contribution in [2.45, 2.75) is 0 Å². The lowest BCUT2D eigenvalue weighted by Crippen LogP contribution is -2.37. The quantitative estimate of drug-likeness (QED) is 0.722. The van der Waals surface area contributed by atoms with Crippen LogP contribution in [0.15, 0.2) is 48.7 Å². The van der Waals surface area contributed by atoms with Crippen molar-refractivity contribution >= 4 is 11.5 Å². The van der Waals surface area contributed by atoms with Gasteiger partial charge in [0.15, 0.2) is 5.65 Å². The zero-order valence-corrected chi connectivity index (χ0v) is 11.6. The summed E-state index contributed by atoms with van der Waals surface area (Å²) in [6, 6.07) is 14.3. The Morgan fingerprint density at radius 1 is 1.00 bits per heavy atom. The van der Waals surface area contributed by atoms with Crippen LogP contribution in [-0.4, -0.2) is 40.9 Å². The fraction of sp³-hybridized carbons (Fsp3) is 0.250. The molecule has 1 fully saturated rings. The zero-order valence-electron chi connectivity index (χ0n) is 11.6. The molecule has 1 aliphatic heterocycles. The molecule has 3 aromatic rings. The van der Waals surface area contributed by atoms with Crippen LogP contribution in [0.1, 0.15) is 0 Å². The van der Waals surface area contributed by atoms with Crippen molar-refractivity contribution in [1.82, 2.24) is 14.6 Å². The first kappa shape index (κ1) is 12.3. The molecule has 4 rings (SSSR count). The molecular formula is C16H16N4O. The van der Waals surface area contributed by atoms with Crippen LogP contribution in [0.2, 0.25) is 0 Å². The number of hydrogen-bond acceptors (Lipinski definition) is 4. The van der Waals surface area contributed by atoms with Crippen molar-refractivity contribution in [3.8, 4) is 11.3 Å². The van der Waals surface area contributed by atoms with E-state index in [-0.39, 0.29) is 0 Å². The number of benzene rings is 1. The summed E-state index contributed by atoms with van der Waals surface area (Å²) in [6.07, 6.45) is 1.79. The standard InChI is InChI=1S/C16H16N4O/c1-2-4-13(5-3-1)14-12-16(19-8-10-21-11-9-19)20-15(18-14)6-7-17-20/h1-7,12H,8-11H2. The van der Waals surface area contributed by atoms with E-state index < -0.39 is 0 Å². The van der Waals surface area contributed by atoms with Gasteiger partial charge >= 0.3 is 0 Å². The molecule has 1 aliphatic rings. The summed E-state index contributed by atoms with van der Waals surface area (Å²) in [5, 5.41) is 4.40. The van der Waals surface area contributed by atoms with E-state index in [0.717, 1.165) is 49.0 Å². The van der Waals surface area contributed by atoms with Crippen molar-refractivity contribution in [3.05, 3.63) is 48.7 Å². The molecule has 0 spiro atoms. The molecule has 0 aliphatic carbocycles. The van der Waals surface area contributed by atoms with Gasteiger partial charge in [0.05, 0.1) is 25.1 Å². The Balaban J connectivity index is 1.86. The number of ether oxygens (including phenoxy) is 1. The monoisotopic (exact) mass is 280 g/mol. The van der Waals surface area contributed by atoms with Crippen LogP contribution in [0, 0.1) is 0 Å². The maximum Gasteiger partial charge on any atom is 0.157 e. The van der Waals surface area contributed by atoms with Crippen LogP contribution < -0.4 is 4.90 Å². The first-order valence-electron chi connectivity index (χ1n) is 7.15. The summed E-state index contributed by atoms with van der Waals surface area (Å²) in [5.74, 6) is 1.08. The van der Waals surface area contributed by atoms with Crippen molar-refractivity contribution in [3.63, 3.8) is 0 Å². The number of nitrogens with zero attached hydrogens (tertiary/aromatic N) is 4. The molecule has 2 aromatic heterocycles. The fourth-order valence-electron chi connectivity index (χ4n) is 2.67. The van der Waals surface area contributed by atoms with E-state index in [4.69, 9.17) is 9.72 Å². The predicted octanol–water partition coefficient (Wildman–Crippen LogP) is 2.23. The fourth-order valence-corrected chi connectivity index (χ4v) is 2.67. The Kier molecular flexibility index (Phi) is 3.05. The van der Waals surface area contributed by atoms with Gasteiger partial charge in [0, 0.05) is 30.8 Å². The number of anilines is 1. The Morgan fingerprint density at radius 3 is 2.62 bits per heavy atom. The third-order valence-corrected chi connectivity index (χ3v) is 3.75. The van der Waals surface area contributed by atoms with Crippen molar-refractivity contribution < 1.29 is 4.74 Å². The van der Waals surface area contributed by atoms with Gasteiger partial charge in [0.25, 0.3) is 0 Å². The van der Waals surface area contributed by atoms with E-state index in [0.29, 0.717) is 0 Å². The van der Waals surface area contributed by atoms with E-state index in [2.05, 4.69) is 28.2 Å². The van der Waals surface area contributed by atoms with Gasteiger partial charge in [-0.05, 0) is 0 Å². The molecule has 0 radical (unpaired) electrons. The van der Waals surface area contributed by atoms with Gasteiger partial charge in [-0.15, -0.1) is 0 Å². The highest BCUT2D eigenvalue weighted by atomic mass is 16.5. The van der Waals surface area contributed by atoms with Crippen molar-refractivity contribution in [1.29, 1.82) is 0 Å². The summed E-state index contributed by atoms with van der Waals surface area (Å²) < 4.78 is 7.34. The second kappa shape index (κ2) is 5.18. The van der Waals surface area contributed by atoms with Crippen LogP contribution in [0.4, 0.5) is 5.82 Å². The van der Waals surface area contributed by atoms with E-state index in [1.165, 1.54) is 0 Å². The lowest BCUT2D eigenvalue weighted by atomic mass is 10.1. The molecule has 1 aromatic carbocycles. The Labute approximate surface area is 122 Å². The molecule has 106 valence electrons. The van der Waals surface area contributed by atoms with Crippen LogP contribution in [0.3, 0.4) is 0 Å². The molecule has 0 N–H and O–H groups in total. The lowest BCUT2D eigenvalue weighted by molar-refractivity contribution is 0.122. The van der Waals surface area contributed by atoms with Crippen LogP contribution in [0.5, 0.6) is 0 Å². The summed E-state index contributed by atoms with van der Waals surface area (Å²) in [5.41, 5.74) is 2.97. The van der Waals surface area contributed by atoms with Gasteiger partial charge < -0.3 is 9.64 Å². The largest absolute Gasteiger partial charge is 0.378 e. The van der Waals surface area contributed by atoms with Gasteiger partial charge in [-0.1, -0.05) is 30.3 Å². The van der Waals surface area contributed by atoms with E-state index in [9.17, 15) is 0 Å². The maximum absolute atomic E-state index is 5.44. The topological polar surface area (TPSA) is 42.7 Å². The molecule has 21 heavy (non-hydrogen) atoms. The minimum absolute atomic E-state index is 0.756. The third kappa shape index (κ3) is 2.25. The SMILES string of the molecule is c1ccc(-c2cc(N3CCOCC3)n3nccc3n2)cc1. The molecule has 0 unspecified atom stereocenters. The van der Waals surface area contributed by atoms with Gasteiger partial charge in [-0.3, -0.25) is 0 Å². The molecule has 0 bridgehead atoms. The molecule has 5 nitrogen and oxygen atoms in total. The van der Waals surface area contributed by atoms with Gasteiger partial charge in [-0.25, -0.2) is 4.98 Å². The molecule has 0 atom stereocenters. The van der Waals surface area contributed by atoms with E-state index >= 15 is 0 Å². The summed E-state index contributed by atoms with van der Waals surface area (Å²) in [4.78, 5) is 7.01. The third-order valence-electron chi connectivity index (χ3n) is 3.75.